The van der Waals surface area contributed by atoms with Gasteiger partial charge in [0, 0.05) is 12.7 Å². The lowest BCUT2D eigenvalue weighted by molar-refractivity contribution is -0.126. The fourth-order valence-electron chi connectivity index (χ4n) is 2.95. The Bertz CT molecular complexity index is 1100. The first-order valence-corrected chi connectivity index (χ1v) is 8.52. The quantitative estimate of drug-likeness (QED) is 0.524. The second-order valence-corrected chi connectivity index (χ2v) is 6.28. The van der Waals surface area contributed by atoms with Gasteiger partial charge in [-0.1, -0.05) is 6.07 Å². The third-order valence-corrected chi connectivity index (χ3v) is 4.80. The van der Waals surface area contributed by atoms with E-state index < -0.39 is 11.9 Å². The summed E-state index contributed by atoms with van der Waals surface area (Å²) in [6.07, 6.45) is 2.01. The lowest BCUT2D eigenvalue weighted by Gasteiger charge is -2.28. The van der Waals surface area contributed by atoms with E-state index in [1.807, 2.05) is 36.4 Å². The summed E-state index contributed by atoms with van der Waals surface area (Å²) in [6.45, 7) is 0. The van der Waals surface area contributed by atoms with Gasteiger partial charge in [0.25, 0.3) is 5.91 Å². The Morgan fingerprint density at radius 1 is 1.19 bits per heavy atom. The van der Waals surface area contributed by atoms with E-state index in [9.17, 15) is 9.59 Å². The molecule has 1 unspecified atom stereocenters. The third kappa shape index (κ3) is 2.78. The summed E-state index contributed by atoms with van der Waals surface area (Å²) in [6, 6.07) is 10.4. The number of benzene rings is 2. The number of imide groups is 1. The molecule has 130 valence electrons. The van der Waals surface area contributed by atoms with E-state index in [0.29, 0.717) is 17.5 Å². The number of anilines is 1. The minimum atomic E-state index is -0.706. The van der Waals surface area contributed by atoms with Crippen LogP contribution in [0.25, 0.3) is 22.1 Å². The summed E-state index contributed by atoms with van der Waals surface area (Å²) in [5.74, 6) is -0.424. The van der Waals surface area contributed by atoms with E-state index in [2.05, 4.69) is 24.0 Å². The summed E-state index contributed by atoms with van der Waals surface area (Å²) < 4.78 is 8.41. The van der Waals surface area contributed by atoms with Gasteiger partial charge in [-0.25, -0.2) is 4.98 Å². The van der Waals surface area contributed by atoms with Crippen molar-refractivity contribution in [1.29, 1.82) is 0 Å². The van der Waals surface area contributed by atoms with E-state index in [1.54, 1.807) is 18.3 Å². The molecular formula is C17H14N6O2S. The maximum absolute atomic E-state index is 12.6. The van der Waals surface area contributed by atoms with Gasteiger partial charge in [0.05, 0.1) is 29.1 Å². The molecule has 0 radical (unpaired) electrons. The molecule has 2 aromatic carbocycles. The number of aromatic nitrogens is 4. The highest BCUT2D eigenvalue weighted by atomic mass is 32.1. The van der Waals surface area contributed by atoms with Crippen LogP contribution in [-0.4, -0.2) is 38.1 Å². The highest BCUT2D eigenvalue weighted by molar-refractivity contribution is 7.00. The largest absolute Gasteiger partial charge is 0.359 e. The predicted molar refractivity (Wildman–Crippen MR) is 98.9 cm³/mol. The maximum Gasteiger partial charge on any atom is 0.253 e. The molecule has 2 heterocycles. The number of fused-ring (bicyclic) bond motifs is 2. The number of likely N-dealkylation sites (N-methyl/N-ethyl adjacent to an activating group) is 1. The van der Waals surface area contributed by atoms with Gasteiger partial charge in [-0.2, -0.15) is 8.75 Å². The maximum atomic E-state index is 12.6. The van der Waals surface area contributed by atoms with E-state index in [0.717, 1.165) is 34.0 Å². The van der Waals surface area contributed by atoms with Crippen molar-refractivity contribution in [2.24, 2.45) is 0 Å². The molecule has 2 aromatic heterocycles. The summed E-state index contributed by atoms with van der Waals surface area (Å²) in [4.78, 5) is 32.5. The van der Waals surface area contributed by atoms with Gasteiger partial charge in [-0.3, -0.25) is 14.9 Å². The predicted octanol–water partition coefficient (Wildman–Crippen LogP) is 2.02. The topological polar surface area (TPSA) is 104 Å². The van der Waals surface area contributed by atoms with Crippen LogP contribution >= 0.6 is 11.7 Å². The monoisotopic (exact) mass is 366 g/mol. The molecule has 4 rings (SSSR count). The number of hydrogen-bond donors (Lipinski definition) is 2. The fraction of sp³-hybridized carbons (Fsp3) is 0.118. The minimum Gasteiger partial charge on any atom is -0.359 e. The average molecular weight is 366 g/mol. The Morgan fingerprint density at radius 3 is 2.88 bits per heavy atom. The van der Waals surface area contributed by atoms with Gasteiger partial charge in [-0.15, -0.1) is 0 Å². The molecule has 0 spiro atoms. The molecule has 0 saturated carbocycles. The van der Waals surface area contributed by atoms with E-state index in [1.165, 1.54) is 0 Å². The Morgan fingerprint density at radius 2 is 2.04 bits per heavy atom. The number of carbonyl (C=O) groups is 2. The van der Waals surface area contributed by atoms with Crippen LogP contribution in [-0.2, 0) is 9.59 Å². The number of hydrogen-bond acceptors (Lipinski definition) is 7. The number of carbonyl (C=O) groups excluding carboxylic acids is 2. The lowest BCUT2D eigenvalue weighted by Crippen LogP contribution is -2.38. The van der Waals surface area contributed by atoms with Crippen molar-refractivity contribution in [3.05, 3.63) is 48.3 Å². The van der Waals surface area contributed by atoms with Crippen molar-refractivity contribution in [3.63, 3.8) is 0 Å². The zero-order chi connectivity index (χ0) is 18.1. The molecule has 0 fully saturated rings. The summed E-state index contributed by atoms with van der Waals surface area (Å²) >= 11 is 1.12. The number of imidazole rings is 1. The third-order valence-electron chi connectivity index (χ3n) is 4.24. The number of rotatable bonds is 5. The van der Waals surface area contributed by atoms with Crippen molar-refractivity contribution >= 4 is 51.8 Å². The highest BCUT2D eigenvalue weighted by Crippen LogP contribution is 2.29. The molecular weight excluding hydrogens is 352 g/mol. The summed E-state index contributed by atoms with van der Waals surface area (Å²) in [5.41, 5.74) is 4.71. The average Bonchev–Trinajstić information content (AvgIpc) is 3.30. The van der Waals surface area contributed by atoms with Crippen molar-refractivity contribution in [3.8, 4) is 0 Å². The van der Waals surface area contributed by atoms with Crippen LogP contribution in [0.15, 0.2) is 42.7 Å². The Kier molecular flexibility index (Phi) is 4.05. The number of H-pyrrole nitrogens is 1. The van der Waals surface area contributed by atoms with Gasteiger partial charge < -0.3 is 9.88 Å². The lowest BCUT2D eigenvalue weighted by atomic mass is 10.0. The first kappa shape index (κ1) is 16.2. The first-order chi connectivity index (χ1) is 12.7. The first-order valence-electron chi connectivity index (χ1n) is 7.79. The Labute approximate surface area is 152 Å². The fourth-order valence-corrected chi connectivity index (χ4v) is 3.46. The molecule has 2 N–H and O–H groups in total. The molecule has 1 atom stereocenters. The van der Waals surface area contributed by atoms with Gasteiger partial charge in [0.1, 0.15) is 17.1 Å². The summed E-state index contributed by atoms with van der Waals surface area (Å²) in [7, 11) is 1.80. The van der Waals surface area contributed by atoms with Gasteiger partial charge >= 0.3 is 0 Å². The van der Waals surface area contributed by atoms with Crippen molar-refractivity contribution in [2.75, 3.05) is 11.9 Å². The van der Waals surface area contributed by atoms with Crippen LogP contribution in [0.2, 0.25) is 0 Å². The molecule has 4 aromatic rings. The summed E-state index contributed by atoms with van der Waals surface area (Å²) in [5, 5.41) is 2.25. The van der Waals surface area contributed by atoms with Crippen LogP contribution in [0.3, 0.4) is 0 Å². The molecule has 0 aliphatic heterocycles. The normalized spacial score (nSPS) is 12.2. The number of nitrogens with zero attached hydrogens (tertiary/aromatic N) is 4. The Hall–Kier alpha value is -3.33. The highest BCUT2D eigenvalue weighted by Gasteiger charge is 2.26. The van der Waals surface area contributed by atoms with Gasteiger partial charge in [-0.05, 0) is 35.9 Å². The molecule has 0 aliphatic rings. The number of nitrogens with one attached hydrogen (secondary N) is 2. The van der Waals surface area contributed by atoms with Crippen molar-refractivity contribution in [2.45, 2.75) is 6.04 Å². The number of amides is 2. The van der Waals surface area contributed by atoms with E-state index in [-0.39, 0.29) is 0 Å². The van der Waals surface area contributed by atoms with Crippen LogP contribution in [0.5, 0.6) is 0 Å². The molecule has 0 saturated heterocycles. The number of aromatic amines is 1. The molecule has 0 aliphatic carbocycles. The minimum absolute atomic E-state index is 0.392. The zero-order valence-electron chi connectivity index (χ0n) is 13.7. The van der Waals surface area contributed by atoms with E-state index in [4.69, 9.17) is 0 Å². The molecule has 26 heavy (non-hydrogen) atoms. The standard InChI is InChI=1S/C17H14N6O2S/c1-23(11-3-5-12-14(7-11)19-8-18-12)16(17(25)20-9-24)10-2-4-13-15(6-10)22-26-21-13/h2-9,16H,1H3,(H,18,19)(H,20,24,25). The van der Waals surface area contributed by atoms with Crippen LogP contribution in [0, 0.1) is 0 Å². The zero-order valence-corrected chi connectivity index (χ0v) is 14.5. The second kappa shape index (κ2) is 6.52. The van der Waals surface area contributed by atoms with Crippen molar-refractivity contribution in [1.82, 2.24) is 24.0 Å². The van der Waals surface area contributed by atoms with Crippen LogP contribution in [0.1, 0.15) is 11.6 Å². The van der Waals surface area contributed by atoms with Crippen LogP contribution < -0.4 is 10.2 Å². The second-order valence-electron chi connectivity index (χ2n) is 5.76. The van der Waals surface area contributed by atoms with Gasteiger partial charge in [0.15, 0.2) is 0 Å². The van der Waals surface area contributed by atoms with E-state index >= 15 is 0 Å². The SMILES string of the molecule is CN(c1ccc2[nH]cnc2c1)C(C(=O)NC=O)c1ccc2nsnc2c1. The van der Waals surface area contributed by atoms with Gasteiger partial charge in [0.2, 0.25) is 6.41 Å². The molecule has 8 nitrogen and oxygen atoms in total. The van der Waals surface area contributed by atoms with Crippen LogP contribution in [0.4, 0.5) is 5.69 Å². The molecule has 9 heteroatoms. The van der Waals surface area contributed by atoms with Crippen molar-refractivity contribution < 1.29 is 9.59 Å². The molecule has 0 bridgehead atoms. The molecule has 2 amide bonds. The Balaban J connectivity index is 1.78. The smallest absolute Gasteiger partial charge is 0.253 e.